The smallest absolute Gasteiger partial charge is 0.145 e. The van der Waals surface area contributed by atoms with Crippen molar-refractivity contribution in [3.8, 4) is 5.75 Å². The first-order valence-electron chi connectivity index (χ1n) is 10.2. The van der Waals surface area contributed by atoms with Gasteiger partial charge in [0, 0.05) is 24.4 Å². The SMILES string of the molecule is CCCCC1CN(c2ccc(F)cc2)c2cc(SCC)c(O/C=C/C=O)cc2SN1. The molecule has 1 aliphatic heterocycles. The molecule has 30 heavy (non-hydrogen) atoms. The number of rotatable bonds is 9. The quantitative estimate of drug-likeness (QED) is 0.159. The Hall–Kier alpha value is -1.96. The van der Waals surface area contributed by atoms with Crippen molar-refractivity contribution >= 4 is 41.4 Å². The molecule has 0 aliphatic carbocycles. The Bertz CT molecular complexity index is 874. The molecule has 0 saturated heterocycles. The maximum absolute atomic E-state index is 13.6. The Morgan fingerprint density at radius 2 is 2.10 bits per heavy atom. The summed E-state index contributed by atoms with van der Waals surface area (Å²) in [4.78, 5) is 14.9. The lowest BCUT2D eigenvalue weighted by molar-refractivity contribution is -0.104. The summed E-state index contributed by atoms with van der Waals surface area (Å²) in [5, 5.41) is 0. The number of unbranched alkanes of at least 4 members (excludes halogenated alkanes) is 1. The van der Waals surface area contributed by atoms with E-state index in [1.807, 2.05) is 18.2 Å². The van der Waals surface area contributed by atoms with Crippen LogP contribution in [0.25, 0.3) is 0 Å². The molecule has 1 atom stereocenters. The zero-order valence-electron chi connectivity index (χ0n) is 17.3. The molecular formula is C23H27FN2O2S2. The highest BCUT2D eigenvalue weighted by molar-refractivity contribution is 7.99. The third kappa shape index (κ3) is 5.80. The van der Waals surface area contributed by atoms with E-state index in [-0.39, 0.29) is 5.82 Å². The van der Waals surface area contributed by atoms with Gasteiger partial charge in [-0.2, -0.15) is 0 Å². The van der Waals surface area contributed by atoms with Crippen molar-refractivity contribution in [1.29, 1.82) is 0 Å². The minimum Gasteiger partial charge on any atom is -0.464 e. The molecule has 1 aliphatic rings. The minimum absolute atomic E-state index is 0.239. The number of carbonyl (C=O) groups is 1. The molecule has 1 heterocycles. The number of halogens is 1. The van der Waals surface area contributed by atoms with Gasteiger partial charge >= 0.3 is 0 Å². The Labute approximate surface area is 186 Å². The van der Waals surface area contributed by atoms with Gasteiger partial charge in [0.2, 0.25) is 0 Å². The predicted octanol–water partition coefficient (Wildman–Crippen LogP) is 6.34. The van der Waals surface area contributed by atoms with Crippen LogP contribution in [-0.2, 0) is 4.79 Å². The largest absolute Gasteiger partial charge is 0.464 e. The Morgan fingerprint density at radius 3 is 2.80 bits per heavy atom. The summed E-state index contributed by atoms with van der Waals surface area (Å²) in [6.45, 7) is 5.09. The third-order valence-electron chi connectivity index (χ3n) is 4.75. The highest BCUT2D eigenvalue weighted by Crippen LogP contribution is 2.43. The first-order chi connectivity index (χ1) is 14.7. The van der Waals surface area contributed by atoms with E-state index in [0.717, 1.165) is 58.5 Å². The van der Waals surface area contributed by atoms with Gasteiger partial charge in [-0.3, -0.25) is 9.52 Å². The van der Waals surface area contributed by atoms with Gasteiger partial charge in [-0.25, -0.2) is 4.39 Å². The Balaban J connectivity index is 2.03. The minimum atomic E-state index is -0.239. The molecule has 0 amide bonds. The summed E-state index contributed by atoms with van der Waals surface area (Å²) in [7, 11) is 0. The first kappa shape index (κ1) is 22.7. The fraction of sp³-hybridized carbons (Fsp3) is 0.348. The van der Waals surface area contributed by atoms with Gasteiger partial charge in [-0.05, 0) is 60.5 Å². The van der Waals surface area contributed by atoms with Gasteiger partial charge < -0.3 is 9.64 Å². The van der Waals surface area contributed by atoms with Crippen LogP contribution in [0.4, 0.5) is 15.8 Å². The molecule has 2 aromatic rings. The number of nitrogens with zero attached hydrogens (tertiary/aromatic N) is 1. The van der Waals surface area contributed by atoms with E-state index < -0.39 is 0 Å². The number of hydrogen-bond donors (Lipinski definition) is 1. The number of hydrogen-bond acceptors (Lipinski definition) is 6. The third-order valence-corrected chi connectivity index (χ3v) is 6.67. The second-order valence-electron chi connectivity index (χ2n) is 6.93. The monoisotopic (exact) mass is 446 g/mol. The first-order valence-corrected chi connectivity index (χ1v) is 12.0. The van der Waals surface area contributed by atoms with Crippen LogP contribution in [0.1, 0.15) is 33.1 Å². The Morgan fingerprint density at radius 1 is 1.30 bits per heavy atom. The van der Waals surface area contributed by atoms with Crippen molar-refractivity contribution in [3.05, 3.63) is 54.6 Å². The molecule has 0 saturated carbocycles. The Kier molecular flexibility index (Phi) is 8.66. The predicted molar refractivity (Wildman–Crippen MR) is 124 cm³/mol. The van der Waals surface area contributed by atoms with Gasteiger partial charge in [0.15, 0.2) is 0 Å². The summed E-state index contributed by atoms with van der Waals surface area (Å²) in [6.07, 6.45) is 6.80. The van der Waals surface area contributed by atoms with Crippen molar-refractivity contribution in [2.24, 2.45) is 0 Å². The maximum Gasteiger partial charge on any atom is 0.145 e. The molecule has 0 radical (unpaired) electrons. The molecule has 1 unspecified atom stereocenters. The van der Waals surface area contributed by atoms with Gasteiger partial charge in [0.05, 0.1) is 21.7 Å². The van der Waals surface area contributed by atoms with Crippen LogP contribution < -0.4 is 14.4 Å². The average molecular weight is 447 g/mol. The number of allylic oxidation sites excluding steroid dienone is 1. The number of nitrogens with one attached hydrogen (secondary N) is 1. The summed E-state index contributed by atoms with van der Waals surface area (Å²) in [5.74, 6) is 1.38. The van der Waals surface area contributed by atoms with Gasteiger partial charge in [-0.1, -0.05) is 26.7 Å². The van der Waals surface area contributed by atoms with Crippen LogP contribution in [0.2, 0.25) is 0 Å². The van der Waals surface area contributed by atoms with Gasteiger partial charge in [0.1, 0.15) is 17.9 Å². The van der Waals surface area contributed by atoms with E-state index >= 15 is 0 Å². The standard InChI is InChI=1S/C23H27FN2O2S2/c1-3-5-7-18-16-26(19-10-8-17(24)9-11-19)20-14-23(29-4-2)21(28-13-6-12-27)15-22(20)30-25-18/h6,8-15,18,25H,3-5,7,16H2,1-2H3/b13-6+. The molecule has 3 rings (SSSR count). The van der Waals surface area contributed by atoms with Crippen molar-refractivity contribution < 1.29 is 13.9 Å². The number of anilines is 2. The van der Waals surface area contributed by atoms with Gasteiger partial charge in [-0.15, -0.1) is 11.8 Å². The van der Waals surface area contributed by atoms with Crippen molar-refractivity contribution in [3.63, 3.8) is 0 Å². The lowest BCUT2D eigenvalue weighted by atomic mass is 10.1. The molecular weight excluding hydrogens is 419 g/mol. The topological polar surface area (TPSA) is 41.6 Å². The molecule has 7 heteroatoms. The zero-order valence-corrected chi connectivity index (χ0v) is 18.9. The molecule has 0 bridgehead atoms. The van der Waals surface area contributed by atoms with E-state index in [1.54, 1.807) is 23.7 Å². The maximum atomic E-state index is 13.6. The second kappa shape index (κ2) is 11.4. The van der Waals surface area contributed by atoms with Crippen molar-refractivity contribution in [1.82, 2.24) is 4.72 Å². The lowest BCUT2D eigenvalue weighted by Crippen LogP contribution is -2.34. The molecule has 0 spiro atoms. The number of ether oxygens (including phenoxy) is 1. The number of carbonyl (C=O) groups excluding carboxylic acids is 1. The van der Waals surface area contributed by atoms with E-state index in [9.17, 15) is 9.18 Å². The number of fused-ring (bicyclic) bond motifs is 1. The normalized spacial score (nSPS) is 16.4. The molecule has 0 fully saturated rings. The fourth-order valence-corrected chi connectivity index (χ4v) is 4.98. The van der Waals surface area contributed by atoms with Crippen molar-refractivity contribution in [2.45, 2.75) is 48.9 Å². The number of aldehydes is 1. The molecule has 160 valence electrons. The van der Waals surface area contributed by atoms with Crippen molar-refractivity contribution in [2.75, 3.05) is 17.2 Å². The highest BCUT2D eigenvalue weighted by atomic mass is 32.2. The van der Waals surface area contributed by atoms with Crippen LogP contribution in [0, 0.1) is 5.82 Å². The van der Waals surface area contributed by atoms with E-state index in [1.165, 1.54) is 24.5 Å². The van der Waals surface area contributed by atoms with Crippen LogP contribution in [-0.4, -0.2) is 24.6 Å². The average Bonchev–Trinajstić information content (AvgIpc) is 2.93. The fourth-order valence-electron chi connectivity index (χ4n) is 3.30. The van der Waals surface area contributed by atoms with E-state index in [4.69, 9.17) is 4.74 Å². The molecule has 1 N–H and O–H groups in total. The second-order valence-corrected chi connectivity index (χ2v) is 9.11. The summed E-state index contributed by atoms with van der Waals surface area (Å²) in [6, 6.07) is 11.1. The number of thioether (sulfide) groups is 1. The number of benzene rings is 2. The van der Waals surface area contributed by atoms with E-state index in [2.05, 4.69) is 29.5 Å². The highest BCUT2D eigenvalue weighted by Gasteiger charge is 2.25. The van der Waals surface area contributed by atoms with Crippen LogP contribution in [0.5, 0.6) is 5.75 Å². The zero-order chi connectivity index (χ0) is 21.3. The van der Waals surface area contributed by atoms with E-state index in [0.29, 0.717) is 12.3 Å². The summed E-state index contributed by atoms with van der Waals surface area (Å²) in [5.41, 5.74) is 2.03. The molecule has 4 nitrogen and oxygen atoms in total. The summed E-state index contributed by atoms with van der Waals surface area (Å²) < 4.78 is 22.9. The molecule has 2 aromatic carbocycles. The van der Waals surface area contributed by atoms with Crippen LogP contribution >= 0.6 is 23.7 Å². The molecule has 0 aromatic heterocycles. The van der Waals surface area contributed by atoms with Crippen LogP contribution in [0.15, 0.2) is 58.5 Å². The lowest BCUT2D eigenvalue weighted by Gasteiger charge is -2.28. The summed E-state index contributed by atoms with van der Waals surface area (Å²) >= 11 is 3.29. The van der Waals surface area contributed by atoms with Crippen LogP contribution in [0.3, 0.4) is 0 Å². The van der Waals surface area contributed by atoms with Gasteiger partial charge in [0.25, 0.3) is 0 Å².